The number of phenols is 1. The van der Waals surface area contributed by atoms with Crippen LogP contribution in [0.25, 0.3) is 0 Å². The molecule has 0 heterocycles. The third kappa shape index (κ3) is 6.04. The lowest BCUT2D eigenvalue weighted by Crippen LogP contribution is -2.36. The van der Waals surface area contributed by atoms with Gasteiger partial charge < -0.3 is 9.84 Å². The molecule has 0 amide bonds. The van der Waals surface area contributed by atoms with E-state index < -0.39 is 5.60 Å². The summed E-state index contributed by atoms with van der Waals surface area (Å²) in [6, 6.07) is 7.04. The van der Waals surface area contributed by atoms with Crippen LogP contribution < -0.4 is 0 Å². The maximum atomic E-state index is 12.2. The van der Waals surface area contributed by atoms with Gasteiger partial charge in [0.15, 0.2) is 0 Å². The van der Waals surface area contributed by atoms with E-state index in [1.54, 1.807) is 23.9 Å². The third-order valence-corrected chi connectivity index (χ3v) is 6.15. The molecule has 1 saturated carbocycles. The Bertz CT molecular complexity index is 518. The van der Waals surface area contributed by atoms with E-state index in [1.165, 1.54) is 25.7 Å². The molecule has 1 fully saturated rings. The highest BCUT2D eigenvalue weighted by Gasteiger charge is 2.32. The topological polar surface area (TPSA) is 46.5 Å². The van der Waals surface area contributed by atoms with Crippen LogP contribution in [0, 0.1) is 11.8 Å². The normalized spacial score (nSPS) is 17.0. The van der Waals surface area contributed by atoms with Crippen LogP contribution >= 0.6 is 11.8 Å². The van der Waals surface area contributed by atoms with Crippen molar-refractivity contribution in [2.24, 2.45) is 11.8 Å². The molecule has 3 nitrogen and oxygen atoms in total. The minimum atomic E-state index is -0.400. The molecule has 0 bridgehead atoms. The van der Waals surface area contributed by atoms with E-state index in [0.717, 1.165) is 17.2 Å². The molecule has 0 aromatic heterocycles. The van der Waals surface area contributed by atoms with E-state index in [0.29, 0.717) is 18.1 Å². The maximum Gasteiger partial charge on any atom is 0.307 e. The molecule has 1 aromatic carbocycles. The predicted octanol–water partition coefficient (Wildman–Crippen LogP) is 5.41. The second kappa shape index (κ2) is 8.80. The number of rotatable bonds is 8. The van der Waals surface area contributed by atoms with Gasteiger partial charge in [0, 0.05) is 10.6 Å². The number of esters is 1. The van der Waals surface area contributed by atoms with Crippen LogP contribution in [0.5, 0.6) is 5.75 Å². The summed E-state index contributed by atoms with van der Waals surface area (Å²) in [6.45, 7) is 6.28. The van der Waals surface area contributed by atoms with E-state index in [-0.39, 0.29) is 11.7 Å². The van der Waals surface area contributed by atoms with Crippen LogP contribution in [0.3, 0.4) is 0 Å². The number of aromatic hydroxyl groups is 1. The van der Waals surface area contributed by atoms with Gasteiger partial charge in [0.2, 0.25) is 0 Å². The largest absolute Gasteiger partial charge is 0.508 e. The first-order chi connectivity index (χ1) is 11.4. The molecular formula is C20H30O3S. The summed E-state index contributed by atoms with van der Waals surface area (Å²) in [4.78, 5) is 13.2. The van der Waals surface area contributed by atoms with Crippen molar-refractivity contribution < 1.29 is 14.6 Å². The van der Waals surface area contributed by atoms with Gasteiger partial charge in [-0.15, -0.1) is 11.8 Å². The lowest BCUT2D eigenvalue weighted by atomic mass is 9.84. The number of carbonyl (C=O) groups is 1. The van der Waals surface area contributed by atoms with Crippen LogP contribution in [0.15, 0.2) is 29.2 Å². The summed E-state index contributed by atoms with van der Waals surface area (Å²) in [7, 11) is 0. The molecule has 1 aromatic rings. The van der Waals surface area contributed by atoms with E-state index in [9.17, 15) is 9.90 Å². The Morgan fingerprint density at radius 3 is 2.54 bits per heavy atom. The number of hydrogen-bond donors (Lipinski definition) is 1. The molecule has 0 saturated heterocycles. The van der Waals surface area contributed by atoms with Gasteiger partial charge in [-0.3, -0.25) is 4.79 Å². The summed E-state index contributed by atoms with van der Waals surface area (Å²) in [5.41, 5.74) is -0.400. The van der Waals surface area contributed by atoms with Crippen LogP contribution in [0.4, 0.5) is 0 Å². The monoisotopic (exact) mass is 350 g/mol. The van der Waals surface area contributed by atoms with Crippen molar-refractivity contribution in [2.75, 3.05) is 5.75 Å². The Morgan fingerprint density at radius 1 is 1.29 bits per heavy atom. The first-order valence-electron chi connectivity index (χ1n) is 9.00. The van der Waals surface area contributed by atoms with Crippen molar-refractivity contribution in [3.05, 3.63) is 24.3 Å². The van der Waals surface area contributed by atoms with E-state index in [4.69, 9.17) is 4.74 Å². The zero-order valence-electron chi connectivity index (χ0n) is 15.1. The first-order valence-corrected chi connectivity index (χ1v) is 9.99. The van der Waals surface area contributed by atoms with Crippen molar-refractivity contribution in [1.29, 1.82) is 0 Å². The fraction of sp³-hybridized carbons (Fsp3) is 0.650. The Labute approximate surface area is 150 Å². The van der Waals surface area contributed by atoms with Crippen molar-refractivity contribution in [3.8, 4) is 5.75 Å². The highest BCUT2D eigenvalue weighted by Crippen LogP contribution is 2.35. The summed E-state index contributed by atoms with van der Waals surface area (Å²) >= 11 is 1.61. The van der Waals surface area contributed by atoms with Gasteiger partial charge in [-0.25, -0.2) is 0 Å². The second-order valence-corrected chi connectivity index (χ2v) is 8.63. The molecule has 0 aliphatic heterocycles. The fourth-order valence-electron chi connectivity index (χ4n) is 3.27. The molecule has 1 atom stereocenters. The number of benzene rings is 1. The second-order valence-electron chi connectivity index (χ2n) is 7.46. The molecule has 1 aliphatic rings. The SMILES string of the molecule is CC(CC1CCCC1)C(C)(C)OC(=O)CCSc1ccc(O)cc1. The van der Waals surface area contributed by atoms with E-state index in [2.05, 4.69) is 6.92 Å². The zero-order chi connectivity index (χ0) is 17.6. The number of carbonyl (C=O) groups excluding carboxylic acids is 1. The molecule has 1 aliphatic carbocycles. The van der Waals surface area contributed by atoms with Crippen molar-refractivity contribution in [2.45, 2.75) is 69.8 Å². The molecule has 0 spiro atoms. The van der Waals surface area contributed by atoms with Crippen molar-refractivity contribution in [3.63, 3.8) is 0 Å². The maximum absolute atomic E-state index is 12.2. The summed E-state index contributed by atoms with van der Waals surface area (Å²) in [6.07, 6.45) is 6.93. The van der Waals surface area contributed by atoms with Gasteiger partial charge in [-0.1, -0.05) is 32.6 Å². The molecule has 0 radical (unpaired) electrons. The van der Waals surface area contributed by atoms with Crippen LogP contribution in [-0.2, 0) is 9.53 Å². The molecule has 24 heavy (non-hydrogen) atoms. The van der Waals surface area contributed by atoms with Crippen molar-refractivity contribution in [1.82, 2.24) is 0 Å². The average molecular weight is 351 g/mol. The van der Waals surface area contributed by atoms with Gasteiger partial charge in [0.25, 0.3) is 0 Å². The van der Waals surface area contributed by atoms with Crippen LogP contribution in [0.2, 0.25) is 0 Å². The van der Waals surface area contributed by atoms with Crippen molar-refractivity contribution >= 4 is 17.7 Å². The first kappa shape index (κ1) is 19.2. The Kier molecular flexibility index (Phi) is 7.02. The zero-order valence-corrected chi connectivity index (χ0v) is 15.9. The van der Waals surface area contributed by atoms with Gasteiger partial charge in [-0.2, -0.15) is 0 Å². The van der Waals surface area contributed by atoms with E-state index >= 15 is 0 Å². The number of ether oxygens (including phenoxy) is 1. The highest BCUT2D eigenvalue weighted by molar-refractivity contribution is 7.99. The van der Waals surface area contributed by atoms with E-state index in [1.807, 2.05) is 26.0 Å². The molecule has 4 heteroatoms. The average Bonchev–Trinajstić information content (AvgIpc) is 3.01. The van der Waals surface area contributed by atoms with Crippen LogP contribution in [-0.4, -0.2) is 22.4 Å². The Balaban J connectivity index is 1.72. The minimum absolute atomic E-state index is 0.121. The number of thioether (sulfide) groups is 1. The molecule has 1 unspecified atom stereocenters. The summed E-state index contributed by atoms with van der Waals surface area (Å²) in [5, 5.41) is 9.27. The van der Waals surface area contributed by atoms with Gasteiger partial charge in [0.05, 0.1) is 6.42 Å². The molecule has 134 valence electrons. The fourth-order valence-corrected chi connectivity index (χ4v) is 4.10. The standard InChI is InChI=1S/C20H30O3S/c1-15(14-16-6-4-5-7-16)20(2,3)23-19(22)12-13-24-18-10-8-17(21)9-11-18/h8-11,15-16,21H,4-7,12-14H2,1-3H3. The summed E-state index contributed by atoms with van der Waals surface area (Å²) < 4.78 is 5.77. The van der Waals surface area contributed by atoms with Gasteiger partial charge in [0.1, 0.15) is 11.4 Å². The third-order valence-electron chi connectivity index (χ3n) is 5.14. The minimum Gasteiger partial charge on any atom is -0.508 e. The lowest BCUT2D eigenvalue weighted by molar-refractivity contribution is -0.161. The quantitative estimate of drug-likeness (QED) is 0.503. The highest BCUT2D eigenvalue weighted by atomic mass is 32.2. The lowest BCUT2D eigenvalue weighted by Gasteiger charge is -2.33. The predicted molar refractivity (Wildman–Crippen MR) is 99.4 cm³/mol. The van der Waals surface area contributed by atoms with Gasteiger partial charge >= 0.3 is 5.97 Å². The molecule has 1 N–H and O–H groups in total. The molecule has 2 rings (SSSR count). The van der Waals surface area contributed by atoms with Gasteiger partial charge in [-0.05, 0) is 56.4 Å². The summed E-state index contributed by atoms with van der Waals surface area (Å²) in [5.74, 6) is 2.02. The smallest absolute Gasteiger partial charge is 0.307 e. The number of hydrogen-bond acceptors (Lipinski definition) is 4. The Morgan fingerprint density at radius 2 is 1.92 bits per heavy atom. The molecular weight excluding hydrogens is 320 g/mol. The Hall–Kier alpha value is -1.16. The van der Waals surface area contributed by atoms with Crippen LogP contribution in [0.1, 0.15) is 59.3 Å². The number of phenolic OH excluding ortho intramolecular Hbond substituents is 1.